The second-order valence-corrected chi connectivity index (χ2v) is 12.9. The van der Waals surface area contributed by atoms with Gasteiger partial charge in [-0.2, -0.15) is 10.4 Å². The summed E-state index contributed by atoms with van der Waals surface area (Å²) < 4.78 is 7.26. The number of nitrogens with zero attached hydrogens (tertiary/aromatic N) is 3. The molecule has 0 aromatic carbocycles. The third-order valence-corrected chi connectivity index (χ3v) is 11.5. The van der Waals surface area contributed by atoms with Crippen molar-refractivity contribution in [1.82, 2.24) is 9.78 Å². The van der Waals surface area contributed by atoms with Gasteiger partial charge in [0.25, 0.3) is 0 Å². The maximum atomic E-state index is 13.6. The number of fused-ring (bicyclic) bond motifs is 5. The lowest BCUT2D eigenvalue weighted by molar-refractivity contribution is -0.173. The van der Waals surface area contributed by atoms with Crippen molar-refractivity contribution < 1.29 is 14.6 Å². The molecule has 8 atom stereocenters. The van der Waals surface area contributed by atoms with Crippen molar-refractivity contribution in [2.24, 2.45) is 47.5 Å². The number of Topliss-reactive ketones (excluding diaryl/α,β-unsaturated/α-hetero) is 1. The quantitative estimate of drug-likeness (QED) is 0.560. The molecule has 0 amide bonds. The zero-order chi connectivity index (χ0) is 25.7. The zero-order valence-corrected chi connectivity index (χ0v) is 22.8. The standard InChI is InChI=1S/C30H45N3O3/c1-5-30-14-13-29(35,19-36-6-2)17-20(30)7-8-23-24-9-10-26(28(24,3)12-11-25(23)30)27(34)16-21-15-22(18-31)33(4)32-21/h15,20,23-26,35H,5-14,16-17,19H2,1-4H3/t20-,23+,24+,25+,26-,28+,29-,30+/m1/s1. The summed E-state index contributed by atoms with van der Waals surface area (Å²) in [5, 5.41) is 25.0. The highest BCUT2D eigenvalue weighted by Crippen LogP contribution is 2.69. The summed E-state index contributed by atoms with van der Waals surface area (Å²) in [5.74, 6) is 3.06. The summed E-state index contributed by atoms with van der Waals surface area (Å²) in [4.78, 5) is 13.6. The molecule has 1 N–H and O–H groups in total. The Bertz CT molecular complexity index is 1030. The molecule has 1 aromatic rings. The molecule has 1 heterocycles. The Morgan fingerprint density at radius 1 is 1.19 bits per heavy atom. The van der Waals surface area contributed by atoms with Gasteiger partial charge in [0.15, 0.2) is 0 Å². The first-order valence-corrected chi connectivity index (χ1v) is 14.5. The number of aromatic nitrogens is 2. The number of ketones is 1. The molecule has 0 spiro atoms. The van der Waals surface area contributed by atoms with E-state index in [2.05, 4.69) is 25.0 Å². The largest absolute Gasteiger partial charge is 0.387 e. The average molecular weight is 496 g/mol. The van der Waals surface area contributed by atoms with Crippen LogP contribution in [0.1, 0.15) is 96.4 Å². The first kappa shape index (κ1) is 25.9. The van der Waals surface area contributed by atoms with Crippen LogP contribution in [0.5, 0.6) is 0 Å². The molecule has 5 rings (SSSR count). The van der Waals surface area contributed by atoms with E-state index in [1.54, 1.807) is 17.8 Å². The highest BCUT2D eigenvalue weighted by molar-refractivity contribution is 5.84. The number of nitriles is 1. The van der Waals surface area contributed by atoms with Gasteiger partial charge in [0.1, 0.15) is 17.5 Å². The first-order valence-electron chi connectivity index (χ1n) is 14.5. The Kier molecular flexibility index (Phi) is 6.88. The molecule has 0 aliphatic heterocycles. The SMILES string of the molecule is CCOC[C@@]1(O)CC[C@@]2(CC)[C@H](CC[C@H]3[C@@H]4CC[C@H](C(=O)Cc5cc(C#N)n(C)n5)[C@@]4(C)CC[C@@H]32)C1. The monoisotopic (exact) mass is 495 g/mol. The van der Waals surface area contributed by atoms with Crippen LogP contribution in [0.2, 0.25) is 0 Å². The predicted molar refractivity (Wildman–Crippen MR) is 138 cm³/mol. The fraction of sp³-hybridized carbons (Fsp3) is 0.833. The topological polar surface area (TPSA) is 88.1 Å². The molecule has 6 nitrogen and oxygen atoms in total. The van der Waals surface area contributed by atoms with Crippen LogP contribution in [-0.4, -0.2) is 39.5 Å². The van der Waals surface area contributed by atoms with E-state index in [1.165, 1.54) is 32.1 Å². The normalized spacial score (nSPS) is 41.7. The molecule has 198 valence electrons. The number of rotatable bonds is 7. The number of carbonyl (C=O) groups excluding carboxylic acids is 1. The van der Waals surface area contributed by atoms with E-state index in [9.17, 15) is 15.2 Å². The van der Waals surface area contributed by atoms with Crippen molar-refractivity contribution in [3.63, 3.8) is 0 Å². The first-order chi connectivity index (χ1) is 17.2. The van der Waals surface area contributed by atoms with Gasteiger partial charge in [-0.25, -0.2) is 0 Å². The summed E-state index contributed by atoms with van der Waals surface area (Å²) in [6, 6.07) is 3.93. The maximum Gasteiger partial charge on any atom is 0.142 e. The van der Waals surface area contributed by atoms with E-state index in [0.29, 0.717) is 54.3 Å². The van der Waals surface area contributed by atoms with E-state index in [-0.39, 0.29) is 11.3 Å². The summed E-state index contributed by atoms with van der Waals surface area (Å²) in [7, 11) is 1.77. The molecule has 0 saturated heterocycles. The number of carbonyl (C=O) groups is 1. The lowest BCUT2D eigenvalue weighted by Gasteiger charge is -2.63. The van der Waals surface area contributed by atoms with Crippen molar-refractivity contribution >= 4 is 5.78 Å². The maximum absolute atomic E-state index is 13.6. The van der Waals surface area contributed by atoms with Gasteiger partial charge in [-0.05, 0) is 112 Å². The zero-order valence-electron chi connectivity index (χ0n) is 22.8. The fourth-order valence-corrected chi connectivity index (χ4v) is 9.81. The van der Waals surface area contributed by atoms with Gasteiger partial charge in [0.2, 0.25) is 0 Å². The van der Waals surface area contributed by atoms with Gasteiger partial charge in [0, 0.05) is 19.6 Å². The Balaban J connectivity index is 1.32. The van der Waals surface area contributed by atoms with Gasteiger partial charge < -0.3 is 9.84 Å². The lowest BCUT2D eigenvalue weighted by atomic mass is 9.42. The number of hydrogen-bond acceptors (Lipinski definition) is 5. The van der Waals surface area contributed by atoms with Crippen LogP contribution < -0.4 is 0 Å². The van der Waals surface area contributed by atoms with Crippen LogP contribution in [0, 0.1) is 51.8 Å². The Morgan fingerprint density at radius 3 is 2.69 bits per heavy atom. The molecule has 0 unspecified atom stereocenters. The Morgan fingerprint density at radius 2 is 2.00 bits per heavy atom. The van der Waals surface area contributed by atoms with Gasteiger partial charge in [0.05, 0.1) is 24.3 Å². The van der Waals surface area contributed by atoms with E-state index in [1.807, 2.05) is 6.92 Å². The summed E-state index contributed by atoms with van der Waals surface area (Å²) in [6.45, 7) is 7.95. The molecule has 6 heteroatoms. The summed E-state index contributed by atoms with van der Waals surface area (Å²) in [6.07, 6.45) is 11.4. The summed E-state index contributed by atoms with van der Waals surface area (Å²) >= 11 is 0. The van der Waals surface area contributed by atoms with Crippen LogP contribution in [0.3, 0.4) is 0 Å². The van der Waals surface area contributed by atoms with Crippen molar-refractivity contribution in [2.75, 3.05) is 13.2 Å². The fourth-order valence-electron chi connectivity index (χ4n) is 9.81. The Labute approximate surface area is 216 Å². The van der Waals surface area contributed by atoms with Crippen molar-refractivity contribution in [1.29, 1.82) is 5.26 Å². The van der Waals surface area contributed by atoms with Gasteiger partial charge >= 0.3 is 0 Å². The van der Waals surface area contributed by atoms with Gasteiger partial charge in [-0.3, -0.25) is 9.48 Å². The molecular formula is C30H45N3O3. The molecule has 36 heavy (non-hydrogen) atoms. The minimum Gasteiger partial charge on any atom is -0.387 e. The molecule has 4 fully saturated rings. The predicted octanol–water partition coefficient (Wildman–Crippen LogP) is 5.22. The smallest absolute Gasteiger partial charge is 0.142 e. The van der Waals surface area contributed by atoms with Gasteiger partial charge in [-0.1, -0.05) is 13.8 Å². The number of aryl methyl sites for hydroxylation is 1. The minimum atomic E-state index is -0.656. The van der Waals surface area contributed by atoms with E-state index < -0.39 is 5.60 Å². The van der Waals surface area contributed by atoms with Crippen LogP contribution in [0.25, 0.3) is 0 Å². The molecular weight excluding hydrogens is 450 g/mol. The van der Waals surface area contributed by atoms with Crippen molar-refractivity contribution in [2.45, 2.75) is 97.0 Å². The summed E-state index contributed by atoms with van der Waals surface area (Å²) in [5.41, 5.74) is 1.00. The van der Waals surface area contributed by atoms with Crippen LogP contribution in [0.4, 0.5) is 0 Å². The second-order valence-electron chi connectivity index (χ2n) is 12.9. The highest BCUT2D eigenvalue weighted by atomic mass is 16.5. The minimum absolute atomic E-state index is 0.0806. The average Bonchev–Trinajstić information content (AvgIpc) is 3.41. The molecule has 4 aliphatic carbocycles. The second kappa shape index (κ2) is 9.55. The van der Waals surface area contributed by atoms with E-state index in [0.717, 1.165) is 43.7 Å². The van der Waals surface area contributed by atoms with Crippen LogP contribution >= 0.6 is 0 Å². The van der Waals surface area contributed by atoms with E-state index in [4.69, 9.17) is 4.74 Å². The van der Waals surface area contributed by atoms with Crippen molar-refractivity contribution in [3.05, 3.63) is 17.5 Å². The Hall–Kier alpha value is -1.71. The third kappa shape index (κ3) is 4.06. The molecule has 1 aromatic heterocycles. The number of ether oxygens (including phenoxy) is 1. The molecule has 0 bridgehead atoms. The van der Waals surface area contributed by atoms with E-state index >= 15 is 0 Å². The number of hydrogen-bond donors (Lipinski definition) is 1. The van der Waals surface area contributed by atoms with Crippen molar-refractivity contribution in [3.8, 4) is 6.07 Å². The molecule has 4 aliphatic rings. The molecule has 4 saturated carbocycles. The highest BCUT2D eigenvalue weighted by Gasteiger charge is 2.62. The van der Waals surface area contributed by atoms with Crippen LogP contribution in [0.15, 0.2) is 6.07 Å². The third-order valence-electron chi connectivity index (χ3n) is 11.5. The van der Waals surface area contributed by atoms with Crippen LogP contribution in [-0.2, 0) is 23.0 Å². The number of aliphatic hydroxyl groups is 1. The molecule has 0 radical (unpaired) electrons. The van der Waals surface area contributed by atoms with Gasteiger partial charge in [-0.15, -0.1) is 0 Å². The lowest BCUT2D eigenvalue weighted by Crippen LogP contribution is -2.57.